The maximum atomic E-state index is 11.0. The lowest BCUT2D eigenvalue weighted by Gasteiger charge is -2.22. The molecule has 88 valence electrons. The van der Waals surface area contributed by atoms with Crippen LogP contribution in [0, 0.1) is 18.8 Å². The molecule has 0 fully saturated rings. The molecule has 1 aromatic rings. The van der Waals surface area contributed by atoms with Crippen molar-refractivity contribution in [3.63, 3.8) is 0 Å². The fourth-order valence-corrected chi connectivity index (χ4v) is 1.65. The lowest BCUT2D eigenvalue weighted by Crippen LogP contribution is -2.27. The van der Waals surface area contributed by atoms with Crippen molar-refractivity contribution in [2.45, 2.75) is 26.9 Å². The molecule has 2 N–H and O–H groups in total. The molecule has 2 atom stereocenters. The first kappa shape index (κ1) is 12.6. The molecule has 0 saturated heterocycles. The molecule has 0 aromatic carbocycles. The number of nitrogens with zero attached hydrogens (tertiary/aromatic N) is 1. The highest BCUT2D eigenvalue weighted by Gasteiger charge is 2.30. The molecular formula is C12H17NO3. The van der Waals surface area contributed by atoms with Gasteiger partial charge in [-0.25, -0.2) is 0 Å². The molecule has 0 aliphatic carbocycles. The van der Waals surface area contributed by atoms with E-state index in [4.69, 9.17) is 5.11 Å². The number of aliphatic carboxylic acids is 1. The number of carboxylic acids is 1. The van der Waals surface area contributed by atoms with E-state index in [1.54, 1.807) is 26.0 Å². The van der Waals surface area contributed by atoms with Crippen molar-refractivity contribution in [2.24, 2.45) is 11.8 Å². The third kappa shape index (κ3) is 2.79. The normalized spacial score (nSPS) is 14.8. The molecule has 4 heteroatoms. The van der Waals surface area contributed by atoms with Crippen LogP contribution in [0.3, 0.4) is 0 Å². The van der Waals surface area contributed by atoms with Gasteiger partial charge in [0.25, 0.3) is 0 Å². The lowest BCUT2D eigenvalue weighted by atomic mass is 9.87. The van der Waals surface area contributed by atoms with Gasteiger partial charge in [0.15, 0.2) is 0 Å². The summed E-state index contributed by atoms with van der Waals surface area (Å²) < 4.78 is 0. The Morgan fingerprint density at radius 3 is 2.38 bits per heavy atom. The van der Waals surface area contributed by atoms with Crippen molar-refractivity contribution in [3.05, 3.63) is 29.6 Å². The highest BCUT2D eigenvalue weighted by molar-refractivity contribution is 5.71. The molecule has 0 aliphatic rings. The van der Waals surface area contributed by atoms with Gasteiger partial charge in [0, 0.05) is 11.9 Å². The SMILES string of the molecule is Cc1ccc(C(O)C(C(=O)O)C(C)C)cn1. The second kappa shape index (κ2) is 5.07. The highest BCUT2D eigenvalue weighted by Crippen LogP contribution is 2.27. The minimum absolute atomic E-state index is 0.131. The number of hydrogen-bond acceptors (Lipinski definition) is 3. The van der Waals surface area contributed by atoms with E-state index in [1.807, 2.05) is 6.92 Å². The first-order valence-electron chi connectivity index (χ1n) is 5.27. The van der Waals surface area contributed by atoms with Gasteiger partial charge in [-0.2, -0.15) is 0 Å². The Morgan fingerprint density at radius 2 is 2.00 bits per heavy atom. The van der Waals surface area contributed by atoms with Gasteiger partial charge >= 0.3 is 5.97 Å². The number of aryl methyl sites for hydroxylation is 1. The molecule has 0 aliphatic heterocycles. The molecule has 0 spiro atoms. The van der Waals surface area contributed by atoms with E-state index in [-0.39, 0.29) is 5.92 Å². The third-order valence-corrected chi connectivity index (χ3v) is 2.62. The molecule has 2 unspecified atom stereocenters. The second-order valence-corrected chi connectivity index (χ2v) is 4.29. The van der Waals surface area contributed by atoms with Crippen LogP contribution in [0.5, 0.6) is 0 Å². The zero-order chi connectivity index (χ0) is 12.3. The van der Waals surface area contributed by atoms with Crippen molar-refractivity contribution >= 4 is 5.97 Å². The van der Waals surface area contributed by atoms with Crippen molar-refractivity contribution < 1.29 is 15.0 Å². The molecular weight excluding hydrogens is 206 g/mol. The number of carbonyl (C=O) groups is 1. The Balaban J connectivity index is 2.94. The highest BCUT2D eigenvalue weighted by atomic mass is 16.4. The molecule has 1 heterocycles. The van der Waals surface area contributed by atoms with E-state index in [0.29, 0.717) is 5.56 Å². The standard InChI is InChI=1S/C12H17NO3/c1-7(2)10(12(15)16)11(14)9-5-4-8(3)13-6-9/h4-7,10-11,14H,1-3H3,(H,15,16). The fraction of sp³-hybridized carbons (Fsp3) is 0.500. The fourth-order valence-electron chi connectivity index (χ4n) is 1.65. The number of aliphatic hydroxyl groups is 1. The third-order valence-electron chi connectivity index (χ3n) is 2.62. The smallest absolute Gasteiger partial charge is 0.309 e. The lowest BCUT2D eigenvalue weighted by molar-refractivity contribution is -0.148. The van der Waals surface area contributed by atoms with Crippen LogP contribution in [0.1, 0.15) is 31.2 Å². The van der Waals surface area contributed by atoms with Crippen molar-refractivity contribution in [1.29, 1.82) is 0 Å². The number of carboxylic acid groups (broad SMARTS) is 1. The summed E-state index contributed by atoms with van der Waals surface area (Å²) in [5, 5.41) is 19.0. The summed E-state index contributed by atoms with van der Waals surface area (Å²) in [6.45, 7) is 5.40. The number of aromatic nitrogens is 1. The Morgan fingerprint density at radius 1 is 1.38 bits per heavy atom. The molecule has 0 bridgehead atoms. The molecule has 1 aromatic heterocycles. The summed E-state index contributed by atoms with van der Waals surface area (Å²) in [7, 11) is 0. The van der Waals surface area contributed by atoms with E-state index in [0.717, 1.165) is 5.69 Å². The first-order valence-corrected chi connectivity index (χ1v) is 5.27. The number of pyridine rings is 1. The predicted octanol–water partition coefficient (Wildman–Crippen LogP) is 1.78. The number of aliphatic hydroxyl groups excluding tert-OH is 1. The van der Waals surface area contributed by atoms with Gasteiger partial charge in [-0.05, 0) is 24.5 Å². The maximum absolute atomic E-state index is 11.0. The van der Waals surface area contributed by atoms with E-state index in [2.05, 4.69) is 4.98 Å². The average Bonchev–Trinajstić information content (AvgIpc) is 2.17. The molecule has 4 nitrogen and oxygen atoms in total. The van der Waals surface area contributed by atoms with Gasteiger partial charge in [0.1, 0.15) is 0 Å². The number of rotatable bonds is 4. The summed E-state index contributed by atoms with van der Waals surface area (Å²) >= 11 is 0. The van der Waals surface area contributed by atoms with Crippen LogP contribution in [0.25, 0.3) is 0 Å². The topological polar surface area (TPSA) is 70.4 Å². The minimum atomic E-state index is -1.01. The Labute approximate surface area is 95.0 Å². The molecule has 1 rings (SSSR count). The van der Waals surface area contributed by atoms with Crippen LogP contribution < -0.4 is 0 Å². The van der Waals surface area contributed by atoms with Gasteiger partial charge in [0.05, 0.1) is 12.0 Å². The van der Waals surface area contributed by atoms with Crippen LogP contribution in [0.2, 0.25) is 0 Å². The molecule has 16 heavy (non-hydrogen) atoms. The van der Waals surface area contributed by atoms with E-state index in [9.17, 15) is 9.90 Å². The molecule has 0 amide bonds. The Kier molecular flexibility index (Phi) is 4.01. The van der Waals surface area contributed by atoms with E-state index in [1.165, 1.54) is 6.20 Å². The summed E-state index contributed by atoms with van der Waals surface area (Å²) in [6.07, 6.45) is 0.517. The van der Waals surface area contributed by atoms with Crippen LogP contribution in [0.4, 0.5) is 0 Å². The zero-order valence-electron chi connectivity index (χ0n) is 9.71. The van der Waals surface area contributed by atoms with E-state index >= 15 is 0 Å². The first-order chi connectivity index (χ1) is 7.43. The van der Waals surface area contributed by atoms with Gasteiger partial charge in [-0.3, -0.25) is 9.78 Å². The molecule has 0 radical (unpaired) electrons. The van der Waals surface area contributed by atoms with Gasteiger partial charge < -0.3 is 10.2 Å². The summed E-state index contributed by atoms with van der Waals surface area (Å²) in [5.74, 6) is -1.92. The Bertz CT molecular complexity index is 359. The van der Waals surface area contributed by atoms with Gasteiger partial charge in [0.2, 0.25) is 0 Å². The maximum Gasteiger partial charge on any atom is 0.309 e. The second-order valence-electron chi connectivity index (χ2n) is 4.29. The predicted molar refractivity (Wildman–Crippen MR) is 59.9 cm³/mol. The minimum Gasteiger partial charge on any atom is -0.481 e. The summed E-state index contributed by atoms with van der Waals surface area (Å²) in [5.41, 5.74) is 1.39. The van der Waals surface area contributed by atoms with Gasteiger partial charge in [-0.15, -0.1) is 0 Å². The average molecular weight is 223 g/mol. The van der Waals surface area contributed by atoms with Crippen molar-refractivity contribution in [2.75, 3.05) is 0 Å². The number of hydrogen-bond donors (Lipinski definition) is 2. The summed E-state index contributed by atoms with van der Waals surface area (Å²) in [6, 6.07) is 3.48. The van der Waals surface area contributed by atoms with Crippen LogP contribution in [-0.4, -0.2) is 21.2 Å². The zero-order valence-corrected chi connectivity index (χ0v) is 9.71. The Hall–Kier alpha value is -1.42. The van der Waals surface area contributed by atoms with Crippen LogP contribution in [0.15, 0.2) is 18.3 Å². The van der Waals surface area contributed by atoms with Crippen molar-refractivity contribution in [3.8, 4) is 0 Å². The summed E-state index contributed by atoms with van der Waals surface area (Å²) in [4.78, 5) is 15.1. The molecule has 0 saturated carbocycles. The quantitative estimate of drug-likeness (QED) is 0.816. The monoisotopic (exact) mass is 223 g/mol. The van der Waals surface area contributed by atoms with Crippen LogP contribution >= 0.6 is 0 Å². The largest absolute Gasteiger partial charge is 0.481 e. The van der Waals surface area contributed by atoms with Crippen LogP contribution in [-0.2, 0) is 4.79 Å². The van der Waals surface area contributed by atoms with E-state index < -0.39 is 18.0 Å². The van der Waals surface area contributed by atoms with Crippen molar-refractivity contribution in [1.82, 2.24) is 4.98 Å². The van der Waals surface area contributed by atoms with Gasteiger partial charge in [-0.1, -0.05) is 19.9 Å².